The van der Waals surface area contributed by atoms with Gasteiger partial charge < -0.3 is 20.0 Å². The summed E-state index contributed by atoms with van der Waals surface area (Å²) in [6, 6.07) is 0. The van der Waals surface area contributed by atoms with E-state index in [0.717, 1.165) is 65.1 Å². The van der Waals surface area contributed by atoms with Crippen LogP contribution in [0.25, 0.3) is 0 Å². The molecule has 0 atom stereocenters. The van der Waals surface area contributed by atoms with E-state index < -0.39 is 5.09 Å². The average molecular weight is 356 g/mol. The van der Waals surface area contributed by atoms with Crippen LogP contribution >= 0.6 is 0 Å². The molecule has 0 radical (unpaired) electrons. The third kappa shape index (κ3) is 11.5. The van der Waals surface area contributed by atoms with Crippen LogP contribution in [0.5, 0.6) is 0 Å². The number of nitrogens with one attached hydrogen (secondary N) is 1. The van der Waals surface area contributed by atoms with E-state index in [1.165, 1.54) is 0 Å². The molecule has 8 heteroatoms. The highest BCUT2D eigenvalue weighted by atomic mass is 16.9. The van der Waals surface area contributed by atoms with Crippen LogP contribution in [0.1, 0.15) is 39.0 Å². The van der Waals surface area contributed by atoms with Crippen LogP contribution in [0.4, 0.5) is 0 Å². The van der Waals surface area contributed by atoms with Gasteiger partial charge in [-0.05, 0) is 39.2 Å². The Bertz CT molecular complexity index is 409. The predicted molar refractivity (Wildman–Crippen MR) is 96.7 cm³/mol. The number of amides is 1. The van der Waals surface area contributed by atoms with Crippen LogP contribution < -0.4 is 5.32 Å². The minimum atomic E-state index is -0.737. The summed E-state index contributed by atoms with van der Waals surface area (Å²) in [6.07, 6.45) is 8.22. The van der Waals surface area contributed by atoms with Crippen LogP contribution in [0, 0.1) is 10.1 Å². The summed E-state index contributed by atoms with van der Waals surface area (Å²) in [6.45, 7) is 8.71. The minimum Gasteiger partial charge on any atom is -0.356 e. The molecule has 0 aromatic rings. The fourth-order valence-corrected chi connectivity index (χ4v) is 2.83. The monoisotopic (exact) mass is 356 g/mol. The van der Waals surface area contributed by atoms with Crippen LogP contribution in [0.3, 0.4) is 0 Å². The standard InChI is InChI=1S/C17H32N4O4/c1-2-3-4-5-8-17(22)18-9-6-10-19-12-14-20(15-13-19)11-7-16-25-21(23)24/h2-3H,4-16H2,1H3,(H,18,22). The van der Waals surface area contributed by atoms with Crippen molar-refractivity contribution in [3.8, 4) is 0 Å². The number of carbonyl (C=O) groups excluding carboxylic acids is 1. The van der Waals surface area contributed by atoms with Gasteiger partial charge in [-0.2, -0.15) is 0 Å². The lowest BCUT2D eigenvalue weighted by atomic mass is 10.2. The van der Waals surface area contributed by atoms with Crippen molar-refractivity contribution in [2.75, 3.05) is 52.4 Å². The summed E-state index contributed by atoms with van der Waals surface area (Å²) in [5, 5.41) is 12.3. The molecule has 1 N–H and O–H groups in total. The molecule has 0 bridgehead atoms. The molecule has 8 nitrogen and oxygen atoms in total. The van der Waals surface area contributed by atoms with E-state index in [4.69, 9.17) is 0 Å². The molecule has 0 aromatic carbocycles. The second-order valence-corrected chi connectivity index (χ2v) is 6.26. The molecule has 0 aromatic heterocycles. The number of nitrogens with zero attached hydrogens (tertiary/aromatic N) is 3. The topological polar surface area (TPSA) is 88.0 Å². The van der Waals surface area contributed by atoms with Crippen molar-refractivity contribution in [2.45, 2.75) is 39.0 Å². The van der Waals surface area contributed by atoms with Gasteiger partial charge in [-0.3, -0.25) is 4.79 Å². The summed E-state index contributed by atoms with van der Waals surface area (Å²) in [7, 11) is 0. The van der Waals surface area contributed by atoms with E-state index in [-0.39, 0.29) is 12.5 Å². The van der Waals surface area contributed by atoms with Gasteiger partial charge in [-0.25, -0.2) is 0 Å². The normalized spacial score (nSPS) is 16.2. The second kappa shape index (κ2) is 13.6. The highest BCUT2D eigenvalue weighted by molar-refractivity contribution is 5.75. The maximum Gasteiger partial charge on any atom is 0.294 e. The third-order valence-electron chi connectivity index (χ3n) is 4.26. The van der Waals surface area contributed by atoms with E-state index in [2.05, 4.69) is 26.0 Å². The van der Waals surface area contributed by atoms with Gasteiger partial charge in [0, 0.05) is 45.7 Å². The number of carbonyl (C=O) groups is 1. The van der Waals surface area contributed by atoms with Crippen LogP contribution in [0.2, 0.25) is 0 Å². The van der Waals surface area contributed by atoms with Crippen molar-refractivity contribution in [3.05, 3.63) is 22.3 Å². The lowest BCUT2D eigenvalue weighted by Crippen LogP contribution is -2.47. The van der Waals surface area contributed by atoms with Gasteiger partial charge in [0.2, 0.25) is 5.91 Å². The summed E-state index contributed by atoms with van der Waals surface area (Å²) >= 11 is 0. The Kier molecular flexibility index (Phi) is 11.6. The molecular formula is C17H32N4O4. The van der Waals surface area contributed by atoms with Gasteiger partial charge in [0.25, 0.3) is 5.09 Å². The average Bonchev–Trinajstić information content (AvgIpc) is 2.60. The molecule has 1 aliphatic heterocycles. The quantitative estimate of drug-likeness (QED) is 0.233. The summed E-state index contributed by atoms with van der Waals surface area (Å²) < 4.78 is 0. The van der Waals surface area contributed by atoms with Crippen molar-refractivity contribution >= 4 is 5.91 Å². The van der Waals surface area contributed by atoms with E-state index >= 15 is 0 Å². The lowest BCUT2D eigenvalue weighted by Gasteiger charge is -2.34. The van der Waals surface area contributed by atoms with E-state index in [9.17, 15) is 14.9 Å². The van der Waals surface area contributed by atoms with Crippen molar-refractivity contribution in [3.63, 3.8) is 0 Å². The molecule has 1 rings (SSSR count). The van der Waals surface area contributed by atoms with E-state index in [1.54, 1.807) is 0 Å². The number of hydrogen-bond donors (Lipinski definition) is 1. The first kappa shape index (κ1) is 21.4. The Morgan fingerprint density at radius 1 is 1.16 bits per heavy atom. The van der Waals surface area contributed by atoms with Gasteiger partial charge in [0.1, 0.15) is 0 Å². The van der Waals surface area contributed by atoms with Gasteiger partial charge in [0.05, 0.1) is 6.61 Å². The molecule has 25 heavy (non-hydrogen) atoms. The maximum atomic E-state index is 11.7. The Labute approximate surface area is 150 Å². The fourth-order valence-electron chi connectivity index (χ4n) is 2.83. The van der Waals surface area contributed by atoms with Crippen molar-refractivity contribution in [2.24, 2.45) is 0 Å². The fraction of sp³-hybridized carbons (Fsp3) is 0.824. The first-order chi connectivity index (χ1) is 12.1. The molecule has 0 unspecified atom stereocenters. The Morgan fingerprint density at radius 3 is 2.40 bits per heavy atom. The van der Waals surface area contributed by atoms with E-state index in [0.29, 0.717) is 12.8 Å². The molecule has 1 aliphatic rings. The van der Waals surface area contributed by atoms with Crippen molar-refractivity contribution in [1.29, 1.82) is 0 Å². The molecule has 0 spiro atoms. The lowest BCUT2D eigenvalue weighted by molar-refractivity contribution is -0.757. The predicted octanol–water partition coefficient (Wildman–Crippen LogP) is 1.46. The molecule has 1 amide bonds. The second-order valence-electron chi connectivity index (χ2n) is 6.26. The first-order valence-electron chi connectivity index (χ1n) is 9.21. The van der Waals surface area contributed by atoms with E-state index in [1.807, 2.05) is 13.0 Å². The Morgan fingerprint density at radius 2 is 1.80 bits per heavy atom. The van der Waals surface area contributed by atoms with Gasteiger partial charge >= 0.3 is 0 Å². The summed E-state index contributed by atoms with van der Waals surface area (Å²) in [5.41, 5.74) is 0. The third-order valence-corrected chi connectivity index (χ3v) is 4.26. The number of piperazine rings is 1. The zero-order chi connectivity index (χ0) is 18.3. The molecule has 1 heterocycles. The smallest absolute Gasteiger partial charge is 0.294 e. The SMILES string of the molecule is CC=CCCCC(=O)NCCCN1CCN(CCCO[N+](=O)[O-])CC1. The van der Waals surface area contributed by atoms with Crippen molar-refractivity contribution < 1.29 is 14.7 Å². The molecule has 0 saturated carbocycles. The number of hydrogen-bond acceptors (Lipinski definition) is 6. The molecule has 1 saturated heterocycles. The summed E-state index contributed by atoms with van der Waals surface area (Å²) in [5.74, 6) is 0.145. The van der Waals surface area contributed by atoms with Gasteiger partial charge in [-0.15, -0.1) is 10.1 Å². The number of unbranched alkanes of at least 4 members (excludes halogenated alkanes) is 1. The van der Waals surface area contributed by atoms with Crippen LogP contribution in [-0.2, 0) is 9.63 Å². The van der Waals surface area contributed by atoms with Crippen LogP contribution in [0.15, 0.2) is 12.2 Å². The molecule has 0 aliphatic carbocycles. The number of rotatable bonds is 13. The highest BCUT2D eigenvalue weighted by Crippen LogP contribution is 2.03. The van der Waals surface area contributed by atoms with Gasteiger partial charge in [-0.1, -0.05) is 12.2 Å². The minimum absolute atomic E-state index is 0.145. The Hall–Kier alpha value is -1.67. The highest BCUT2D eigenvalue weighted by Gasteiger charge is 2.16. The zero-order valence-electron chi connectivity index (χ0n) is 15.3. The zero-order valence-corrected chi connectivity index (χ0v) is 15.3. The van der Waals surface area contributed by atoms with Crippen LogP contribution in [-0.4, -0.2) is 73.2 Å². The maximum absolute atomic E-state index is 11.7. The number of allylic oxidation sites excluding steroid dienone is 2. The summed E-state index contributed by atoms with van der Waals surface area (Å²) in [4.78, 5) is 30.8. The molecule has 144 valence electrons. The molecular weight excluding hydrogens is 324 g/mol. The molecule has 1 fully saturated rings. The van der Waals surface area contributed by atoms with Gasteiger partial charge in [0.15, 0.2) is 0 Å². The van der Waals surface area contributed by atoms with Crippen molar-refractivity contribution in [1.82, 2.24) is 15.1 Å². The Balaban J connectivity index is 1.96. The first-order valence-corrected chi connectivity index (χ1v) is 9.21. The largest absolute Gasteiger partial charge is 0.356 e.